The van der Waals surface area contributed by atoms with Gasteiger partial charge in [-0.05, 0) is 26.0 Å². The number of aromatic nitrogens is 1. The van der Waals surface area contributed by atoms with E-state index in [4.69, 9.17) is 0 Å². The number of sulfone groups is 1. The van der Waals surface area contributed by atoms with E-state index >= 15 is 17.6 Å². The van der Waals surface area contributed by atoms with Gasteiger partial charge in [-0.2, -0.15) is 26.3 Å². The van der Waals surface area contributed by atoms with Gasteiger partial charge in [-0.25, -0.2) is 8.42 Å². The Morgan fingerprint density at radius 2 is 1.35 bits per heavy atom. The van der Waals surface area contributed by atoms with Crippen molar-refractivity contribution in [2.45, 2.75) is 36.5 Å². The highest BCUT2D eigenvalue weighted by atomic mass is 32.2. The van der Waals surface area contributed by atoms with Crippen molar-refractivity contribution in [1.29, 1.82) is 0 Å². The molecule has 0 N–H and O–H groups in total. The molecule has 0 fully saturated rings. The van der Waals surface area contributed by atoms with Crippen molar-refractivity contribution in [2.75, 3.05) is 0 Å². The van der Waals surface area contributed by atoms with Crippen molar-refractivity contribution in [2.24, 2.45) is 7.05 Å². The third-order valence-corrected chi connectivity index (χ3v) is 8.71. The van der Waals surface area contributed by atoms with Gasteiger partial charge >= 0.3 is 17.8 Å². The lowest BCUT2D eigenvalue weighted by Crippen LogP contribution is -2.49. The minimum absolute atomic E-state index is 0.0641. The number of benzene rings is 2. The van der Waals surface area contributed by atoms with Gasteiger partial charge in [0.05, 0.1) is 9.80 Å². The van der Waals surface area contributed by atoms with Crippen LogP contribution in [0.25, 0.3) is 22.0 Å². The zero-order valence-corrected chi connectivity index (χ0v) is 18.9. The summed E-state index contributed by atoms with van der Waals surface area (Å²) in [5.41, 5.74) is -4.35. The van der Waals surface area contributed by atoms with Crippen LogP contribution in [0.3, 0.4) is 0 Å². The minimum atomic E-state index is -5.79. The average Bonchev–Trinajstić information content (AvgIpc) is 3.17. The van der Waals surface area contributed by atoms with E-state index in [0.717, 1.165) is 19.1 Å². The van der Waals surface area contributed by atoms with Gasteiger partial charge < -0.3 is 4.57 Å². The maximum atomic E-state index is 15.4. The molecule has 0 amide bonds. The average molecular weight is 497 g/mol. The lowest BCUT2D eigenvalue weighted by Gasteiger charge is -2.26. The Bertz CT molecular complexity index is 1580. The molecule has 1 aliphatic heterocycles. The molecule has 0 atom stereocenters. The van der Waals surface area contributed by atoms with E-state index in [1.165, 1.54) is 42.8 Å². The number of hydrogen-bond donors (Lipinski definition) is 0. The highest BCUT2D eigenvalue weighted by Crippen LogP contribution is 2.66. The summed E-state index contributed by atoms with van der Waals surface area (Å²) < 4.78 is 119. The number of fused-ring (bicyclic) bond motifs is 2. The SMILES string of the molecule is CC1=C(C2=C(c3c(C)n(C)c4ccccc34)C(F)(F)C(F)(F)C2(F)F)c2ccccc2S1(=O)=O. The molecule has 0 radical (unpaired) electrons. The zero-order valence-electron chi connectivity index (χ0n) is 18.1. The van der Waals surface area contributed by atoms with E-state index in [-0.39, 0.29) is 16.6 Å². The second-order valence-electron chi connectivity index (χ2n) is 8.44. The third kappa shape index (κ3) is 2.41. The molecule has 0 saturated heterocycles. The van der Waals surface area contributed by atoms with Crippen LogP contribution in [0.1, 0.15) is 23.7 Å². The Morgan fingerprint density at radius 3 is 2.03 bits per heavy atom. The Kier molecular flexibility index (Phi) is 4.39. The van der Waals surface area contributed by atoms with E-state index < -0.39 is 59.7 Å². The van der Waals surface area contributed by atoms with E-state index in [1.54, 1.807) is 12.1 Å². The Labute approximate surface area is 190 Å². The molecular weight excluding hydrogens is 480 g/mol. The zero-order chi connectivity index (χ0) is 25.0. The molecule has 2 heterocycles. The van der Waals surface area contributed by atoms with Crippen LogP contribution in [0.5, 0.6) is 0 Å². The van der Waals surface area contributed by atoms with Gasteiger partial charge in [0.15, 0.2) is 0 Å². The first-order chi connectivity index (χ1) is 15.7. The highest BCUT2D eigenvalue weighted by Gasteiger charge is 2.81. The quantitative estimate of drug-likeness (QED) is 0.386. The molecule has 2 aliphatic rings. The largest absolute Gasteiger partial charge is 0.380 e. The first-order valence-corrected chi connectivity index (χ1v) is 11.7. The maximum Gasteiger partial charge on any atom is 0.380 e. The normalized spacial score (nSPS) is 22.0. The number of aryl methyl sites for hydroxylation is 1. The van der Waals surface area contributed by atoms with Crippen LogP contribution in [0, 0.1) is 6.92 Å². The first-order valence-electron chi connectivity index (χ1n) is 10.2. The summed E-state index contributed by atoms with van der Waals surface area (Å²) in [4.78, 5) is -1.06. The van der Waals surface area contributed by atoms with E-state index in [0.29, 0.717) is 5.52 Å². The lowest BCUT2D eigenvalue weighted by atomic mass is 9.89. The Hall–Kier alpha value is -3.01. The lowest BCUT2D eigenvalue weighted by molar-refractivity contribution is -0.258. The van der Waals surface area contributed by atoms with Gasteiger partial charge in [0.25, 0.3) is 0 Å². The minimum Gasteiger partial charge on any atom is -0.347 e. The second kappa shape index (κ2) is 6.56. The smallest absolute Gasteiger partial charge is 0.347 e. The second-order valence-corrected chi connectivity index (χ2v) is 10.5. The fourth-order valence-corrected chi connectivity index (χ4v) is 6.46. The molecule has 1 aromatic heterocycles. The molecule has 178 valence electrons. The Morgan fingerprint density at radius 1 is 0.794 bits per heavy atom. The summed E-state index contributed by atoms with van der Waals surface area (Å²) >= 11 is 0. The molecule has 10 heteroatoms. The number of para-hydroxylation sites is 1. The van der Waals surface area contributed by atoms with Crippen LogP contribution in [-0.2, 0) is 16.9 Å². The van der Waals surface area contributed by atoms with Gasteiger partial charge in [-0.15, -0.1) is 0 Å². The molecule has 0 unspecified atom stereocenters. The summed E-state index contributed by atoms with van der Waals surface area (Å²) in [6, 6.07) is 11.0. The standard InChI is InChI=1S/C24H17F6NO2S/c1-12-18(14-8-4-6-10-16(14)31(12)3)20-21(23(27,28)24(29,30)22(20,25)26)19-13(2)34(32,33)17-11-7-5-9-15(17)19/h4-11H,1-3H3. The molecule has 0 saturated carbocycles. The van der Waals surface area contributed by atoms with Gasteiger partial charge in [0.2, 0.25) is 9.84 Å². The summed E-state index contributed by atoms with van der Waals surface area (Å²) in [5, 5.41) is 0.0792. The maximum absolute atomic E-state index is 15.4. The van der Waals surface area contributed by atoms with Gasteiger partial charge in [0, 0.05) is 51.5 Å². The van der Waals surface area contributed by atoms with Gasteiger partial charge in [0.1, 0.15) is 0 Å². The monoisotopic (exact) mass is 497 g/mol. The molecule has 1 aliphatic carbocycles. The summed E-state index contributed by atoms with van der Waals surface area (Å²) in [6.45, 7) is 2.33. The fraction of sp³-hybridized carbons (Fsp3) is 0.250. The summed E-state index contributed by atoms with van der Waals surface area (Å²) in [6.07, 6.45) is 0. The molecule has 3 aromatic rings. The van der Waals surface area contributed by atoms with E-state index in [1.807, 2.05) is 0 Å². The topological polar surface area (TPSA) is 39.1 Å². The van der Waals surface area contributed by atoms with Crippen LogP contribution in [-0.4, -0.2) is 30.8 Å². The number of allylic oxidation sites excluding steroid dienone is 4. The van der Waals surface area contributed by atoms with Crippen LogP contribution < -0.4 is 0 Å². The van der Waals surface area contributed by atoms with Crippen LogP contribution in [0.2, 0.25) is 0 Å². The number of alkyl halides is 6. The van der Waals surface area contributed by atoms with Crippen LogP contribution in [0.15, 0.2) is 63.9 Å². The molecule has 0 spiro atoms. The summed E-state index contributed by atoms with van der Waals surface area (Å²) in [7, 11) is -2.83. The fourth-order valence-electron chi connectivity index (χ4n) is 4.93. The number of rotatable bonds is 2. The third-order valence-electron chi connectivity index (χ3n) is 6.77. The number of nitrogens with zero attached hydrogens (tertiary/aromatic N) is 1. The van der Waals surface area contributed by atoms with Crippen LogP contribution >= 0.6 is 0 Å². The number of hydrogen-bond acceptors (Lipinski definition) is 2. The first kappa shape index (κ1) is 22.8. The van der Waals surface area contributed by atoms with Crippen molar-refractivity contribution in [3.63, 3.8) is 0 Å². The van der Waals surface area contributed by atoms with E-state index in [2.05, 4.69) is 0 Å². The molecule has 2 aromatic carbocycles. The van der Waals surface area contributed by atoms with Crippen molar-refractivity contribution in [1.82, 2.24) is 4.57 Å². The van der Waals surface area contributed by atoms with Crippen LogP contribution in [0.4, 0.5) is 26.3 Å². The highest BCUT2D eigenvalue weighted by molar-refractivity contribution is 7.95. The predicted octanol–water partition coefficient (Wildman–Crippen LogP) is 6.38. The van der Waals surface area contributed by atoms with E-state index in [9.17, 15) is 17.2 Å². The molecule has 0 bridgehead atoms. The van der Waals surface area contributed by atoms with Crippen molar-refractivity contribution < 1.29 is 34.8 Å². The molecule has 5 rings (SSSR count). The molecule has 3 nitrogen and oxygen atoms in total. The Balaban J connectivity index is 2.03. The molecular formula is C24H17F6NO2S. The van der Waals surface area contributed by atoms with Crippen molar-refractivity contribution in [3.05, 3.63) is 75.8 Å². The molecule has 34 heavy (non-hydrogen) atoms. The van der Waals surface area contributed by atoms with Crippen molar-refractivity contribution in [3.8, 4) is 0 Å². The van der Waals surface area contributed by atoms with Gasteiger partial charge in [-0.3, -0.25) is 0 Å². The van der Waals surface area contributed by atoms with Crippen molar-refractivity contribution >= 4 is 31.9 Å². The summed E-state index contributed by atoms with van der Waals surface area (Å²) in [5.74, 6) is -16.4. The predicted molar refractivity (Wildman–Crippen MR) is 116 cm³/mol. The number of halogens is 6. The van der Waals surface area contributed by atoms with Gasteiger partial charge in [-0.1, -0.05) is 36.4 Å².